The van der Waals surface area contributed by atoms with Crippen LogP contribution >= 0.6 is 0 Å². The summed E-state index contributed by atoms with van der Waals surface area (Å²) in [6, 6.07) is 0. The standard InChI is InChI=1S/C11H24N2/c1-4-9(2)5-12-7-11-8-13-6-10(11)3/h9-13H,4-8H2,1-3H3. The van der Waals surface area contributed by atoms with Crippen molar-refractivity contribution in [3.63, 3.8) is 0 Å². The van der Waals surface area contributed by atoms with Gasteiger partial charge >= 0.3 is 0 Å². The van der Waals surface area contributed by atoms with E-state index in [1.54, 1.807) is 0 Å². The van der Waals surface area contributed by atoms with Crippen molar-refractivity contribution in [1.29, 1.82) is 0 Å². The van der Waals surface area contributed by atoms with Gasteiger partial charge in [-0.2, -0.15) is 0 Å². The fourth-order valence-corrected chi connectivity index (χ4v) is 1.80. The van der Waals surface area contributed by atoms with E-state index in [-0.39, 0.29) is 0 Å². The highest BCUT2D eigenvalue weighted by atomic mass is 14.9. The average Bonchev–Trinajstić information content (AvgIpc) is 2.52. The molecule has 1 aliphatic rings. The van der Waals surface area contributed by atoms with E-state index in [1.165, 1.54) is 32.6 Å². The molecule has 0 amide bonds. The number of rotatable bonds is 5. The van der Waals surface area contributed by atoms with Gasteiger partial charge in [0, 0.05) is 0 Å². The number of nitrogens with one attached hydrogen (secondary N) is 2. The summed E-state index contributed by atoms with van der Waals surface area (Å²) < 4.78 is 0. The molecule has 1 saturated heterocycles. The first-order chi connectivity index (χ1) is 6.24. The molecule has 0 radical (unpaired) electrons. The summed E-state index contributed by atoms with van der Waals surface area (Å²) in [5.41, 5.74) is 0. The first kappa shape index (κ1) is 11.0. The lowest BCUT2D eigenvalue weighted by molar-refractivity contribution is 0.397. The SMILES string of the molecule is CCC(C)CNCC1CNCC1C. The summed E-state index contributed by atoms with van der Waals surface area (Å²) in [7, 11) is 0. The van der Waals surface area contributed by atoms with E-state index in [2.05, 4.69) is 31.4 Å². The van der Waals surface area contributed by atoms with Crippen LogP contribution in [0.2, 0.25) is 0 Å². The molecule has 2 nitrogen and oxygen atoms in total. The zero-order valence-corrected chi connectivity index (χ0v) is 9.27. The molecule has 0 bridgehead atoms. The molecule has 0 aliphatic carbocycles. The first-order valence-electron chi connectivity index (χ1n) is 5.65. The van der Waals surface area contributed by atoms with Crippen LogP contribution in [0.15, 0.2) is 0 Å². The van der Waals surface area contributed by atoms with Crippen LogP contribution < -0.4 is 10.6 Å². The second kappa shape index (κ2) is 5.61. The Kier molecular flexibility index (Phi) is 4.74. The largest absolute Gasteiger partial charge is 0.316 e. The molecule has 0 spiro atoms. The molecule has 1 fully saturated rings. The van der Waals surface area contributed by atoms with Gasteiger partial charge in [0.05, 0.1) is 0 Å². The smallest absolute Gasteiger partial charge is 0.000523 e. The van der Waals surface area contributed by atoms with Gasteiger partial charge in [0.25, 0.3) is 0 Å². The molecule has 0 saturated carbocycles. The van der Waals surface area contributed by atoms with Crippen molar-refractivity contribution in [2.45, 2.75) is 27.2 Å². The fourth-order valence-electron chi connectivity index (χ4n) is 1.80. The van der Waals surface area contributed by atoms with Crippen molar-refractivity contribution < 1.29 is 0 Å². The highest BCUT2D eigenvalue weighted by Gasteiger charge is 2.22. The van der Waals surface area contributed by atoms with Crippen molar-refractivity contribution in [1.82, 2.24) is 10.6 Å². The Labute approximate surface area is 82.5 Å². The van der Waals surface area contributed by atoms with Gasteiger partial charge < -0.3 is 10.6 Å². The quantitative estimate of drug-likeness (QED) is 0.676. The van der Waals surface area contributed by atoms with E-state index in [4.69, 9.17) is 0 Å². The lowest BCUT2D eigenvalue weighted by atomic mass is 9.98. The van der Waals surface area contributed by atoms with Gasteiger partial charge in [0.2, 0.25) is 0 Å². The lowest BCUT2D eigenvalue weighted by Gasteiger charge is -2.16. The van der Waals surface area contributed by atoms with E-state index in [1.807, 2.05) is 0 Å². The van der Waals surface area contributed by atoms with Crippen LogP contribution in [-0.2, 0) is 0 Å². The van der Waals surface area contributed by atoms with E-state index in [0.717, 1.165) is 17.8 Å². The Bertz CT molecular complexity index is 136. The van der Waals surface area contributed by atoms with Gasteiger partial charge in [-0.15, -0.1) is 0 Å². The van der Waals surface area contributed by atoms with Gasteiger partial charge in [-0.3, -0.25) is 0 Å². The zero-order chi connectivity index (χ0) is 9.68. The van der Waals surface area contributed by atoms with Crippen LogP contribution in [0.3, 0.4) is 0 Å². The summed E-state index contributed by atoms with van der Waals surface area (Å²) in [6.45, 7) is 11.7. The Morgan fingerprint density at radius 2 is 2.23 bits per heavy atom. The Morgan fingerprint density at radius 3 is 2.77 bits per heavy atom. The fraction of sp³-hybridized carbons (Fsp3) is 1.00. The Morgan fingerprint density at radius 1 is 1.46 bits per heavy atom. The van der Waals surface area contributed by atoms with Gasteiger partial charge in [-0.05, 0) is 43.9 Å². The second-order valence-electron chi connectivity index (χ2n) is 4.57. The third-order valence-electron chi connectivity index (χ3n) is 3.27. The summed E-state index contributed by atoms with van der Waals surface area (Å²) in [4.78, 5) is 0. The van der Waals surface area contributed by atoms with Crippen LogP contribution in [0.4, 0.5) is 0 Å². The molecule has 78 valence electrons. The molecule has 3 atom stereocenters. The molecule has 1 rings (SSSR count). The normalized spacial score (nSPS) is 30.7. The van der Waals surface area contributed by atoms with E-state index < -0.39 is 0 Å². The van der Waals surface area contributed by atoms with E-state index in [9.17, 15) is 0 Å². The molecule has 2 heteroatoms. The molecule has 0 aromatic carbocycles. The van der Waals surface area contributed by atoms with Gasteiger partial charge in [-0.1, -0.05) is 27.2 Å². The van der Waals surface area contributed by atoms with Gasteiger partial charge in [-0.25, -0.2) is 0 Å². The molecule has 0 aromatic heterocycles. The minimum Gasteiger partial charge on any atom is -0.316 e. The van der Waals surface area contributed by atoms with Gasteiger partial charge in [0.1, 0.15) is 0 Å². The summed E-state index contributed by atoms with van der Waals surface area (Å²) in [5.74, 6) is 2.53. The molecule has 3 unspecified atom stereocenters. The van der Waals surface area contributed by atoms with Crippen LogP contribution in [0.1, 0.15) is 27.2 Å². The van der Waals surface area contributed by atoms with Crippen LogP contribution in [0.5, 0.6) is 0 Å². The Hall–Kier alpha value is -0.0800. The minimum atomic E-state index is 0.824. The minimum absolute atomic E-state index is 0.824. The molecular formula is C11H24N2. The monoisotopic (exact) mass is 184 g/mol. The summed E-state index contributed by atoms with van der Waals surface area (Å²) >= 11 is 0. The third kappa shape index (κ3) is 3.65. The highest BCUT2D eigenvalue weighted by molar-refractivity contribution is 4.79. The zero-order valence-electron chi connectivity index (χ0n) is 9.27. The Balaban J connectivity index is 2.05. The molecule has 0 aromatic rings. The first-order valence-corrected chi connectivity index (χ1v) is 5.65. The van der Waals surface area contributed by atoms with E-state index >= 15 is 0 Å². The maximum absolute atomic E-state index is 3.57. The second-order valence-corrected chi connectivity index (χ2v) is 4.57. The van der Waals surface area contributed by atoms with E-state index in [0.29, 0.717) is 0 Å². The predicted octanol–water partition coefficient (Wildman–Crippen LogP) is 1.48. The lowest BCUT2D eigenvalue weighted by Crippen LogP contribution is -2.30. The topological polar surface area (TPSA) is 24.1 Å². The molecule has 2 N–H and O–H groups in total. The van der Waals surface area contributed by atoms with Crippen molar-refractivity contribution >= 4 is 0 Å². The maximum atomic E-state index is 3.57. The third-order valence-corrected chi connectivity index (χ3v) is 3.27. The van der Waals surface area contributed by atoms with Crippen molar-refractivity contribution in [2.24, 2.45) is 17.8 Å². The van der Waals surface area contributed by atoms with Crippen molar-refractivity contribution in [2.75, 3.05) is 26.2 Å². The average molecular weight is 184 g/mol. The molecule has 13 heavy (non-hydrogen) atoms. The van der Waals surface area contributed by atoms with Crippen LogP contribution in [0, 0.1) is 17.8 Å². The predicted molar refractivity (Wildman–Crippen MR) is 57.8 cm³/mol. The molecular weight excluding hydrogens is 160 g/mol. The molecule has 1 aliphatic heterocycles. The van der Waals surface area contributed by atoms with Crippen molar-refractivity contribution in [3.05, 3.63) is 0 Å². The van der Waals surface area contributed by atoms with Crippen LogP contribution in [-0.4, -0.2) is 26.2 Å². The number of hydrogen-bond donors (Lipinski definition) is 2. The van der Waals surface area contributed by atoms with Gasteiger partial charge in [0.15, 0.2) is 0 Å². The van der Waals surface area contributed by atoms with Crippen LogP contribution in [0.25, 0.3) is 0 Å². The summed E-state index contributed by atoms with van der Waals surface area (Å²) in [5, 5.41) is 7.00. The highest BCUT2D eigenvalue weighted by Crippen LogP contribution is 2.14. The number of hydrogen-bond acceptors (Lipinski definition) is 2. The van der Waals surface area contributed by atoms with Crippen molar-refractivity contribution in [3.8, 4) is 0 Å². The molecule has 1 heterocycles. The maximum Gasteiger partial charge on any atom is -0.000523 e. The summed E-state index contributed by atoms with van der Waals surface area (Å²) in [6.07, 6.45) is 1.28.